The molecule has 4 unspecified atom stereocenters. The molecule has 0 radical (unpaired) electrons. The zero-order chi connectivity index (χ0) is 52.3. The number of likely N-dealkylation sites (N-methyl/N-ethyl adjacent to an activating group) is 1. The van der Waals surface area contributed by atoms with Crippen LogP contribution in [0.15, 0.2) is 79.4 Å². The maximum Gasteiger partial charge on any atom is 0.0320 e. The van der Waals surface area contributed by atoms with Crippen LogP contribution in [0.5, 0.6) is 0 Å². The van der Waals surface area contributed by atoms with E-state index in [2.05, 4.69) is 151 Å². The van der Waals surface area contributed by atoms with E-state index in [0.717, 1.165) is 17.8 Å². The Labute approximate surface area is 414 Å². The van der Waals surface area contributed by atoms with Crippen molar-refractivity contribution in [3.05, 3.63) is 85.0 Å². The molecular weight excluding hydrogens is 793 g/mol. The van der Waals surface area contributed by atoms with Gasteiger partial charge in [0.15, 0.2) is 0 Å². The van der Waals surface area contributed by atoms with E-state index in [1.807, 2.05) is 87.7 Å². The van der Waals surface area contributed by atoms with Crippen LogP contribution in [0.4, 0.5) is 0 Å². The van der Waals surface area contributed by atoms with Crippen molar-refractivity contribution in [2.75, 3.05) is 14.1 Å². The molecule has 1 aromatic rings. The van der Waals surface area contributed by atoms with Crippen molar-refractivity contribution in [1.82, 2.24) is 5.32 Å². The molecule has 2 saturated carbocycles. The second-order valence-electron chi connectivity index (χ2n) is 18.4. The molecule has 3 rings (SSSR count). The van der Waals surface area contributed by atoms with Gasteiger partial charge in [0.25, 0.3) is 0 Å². The molecule has 1 aromatic carbocycles. The number of benzene rings is 1. The minimum Gasteiger partial charge on any atom is -0.333 e. The van der Waals surface area contributed by atoms with Crippen LogP contribution in [0.3, 0.4) is 0 Å². The van der Waals surface area contributed by atoms with Gasteiger partial charge >= 0.3 is 0 Å². The largest absolute Gasteiger partial charge is 0.333 e. The molecule has 3 N–H and O–H groups in total. The third-order valence-electron chi connectivity index (χ3n) is 11.1. The van der Waals surface area contributed by atoms with Crippen molar-refractivity contribution in [2.45, 2.75) is 248 Å². The highest BCUT2D eigenvalue weighted by atomic mass is 32.1. The molecule has 2 aliphatic rings. The molecule has 5 atom stereocenters. The van der Waals surface area contributed by atoms with Crippen LogP contribution in [-0.2, 0) is 6.42 Å². The molecule has 3 heteroatoms. The van der Waals surface area contributed by atoms with E-state index in [9.17, 15) is 0 Å². The van der Waals surface area contributed by atoms with E-state index in [4.69, 9.17) is 12.2 Å². The number of unbranched alkanes of at least 4 members (excludes halogenated alkanes) is 1. The van der Waals surface area contributed by atoms with Crippen LogP contribution < -0.4 is 11.1 Å². The maximum atomic E-state index is 4.84. The first-order chi connectivity index (χ1) is 30.2. The van der Waals surface area contributed by atoms with Gasteiger partial charge in [-0.05, 0) is 112 Å². The second kappa shape index (κ2) is 57.3. The second-order valence-corrected chi connectivity index (χ2v) is 18.7. The first kappa shape index (κ1) is 79.3. The Morgan fingerprint density at radius 3 is 1.45 bits per heavy atom. The van der Waals surface area contributed by atoms with Gasteiger partial charge in [0, 0.05) is 6.04 Å². The van der Waals surface area contributed by atoms with Crippen LogP contribution >= 0.6 is 12.2 Å². The summed E-state index contributed by atoms with van der Waals surface area (Å²) >= 11 is 4.84. The highest BCUT2D eigenvalue weighted by Crippen LogP contribution is 2.42. The van der Waals surface area contributed by atoms with Gasteiger partial charge in [-0.2, -0.15) is 0 Å². The molecule has 0 amide bonds. The van der Waals surface area contributed by atoms with Crippen LogP contribution in [0.2, 0.25) is 0 Å². The lowest BCUT2D eigenvalue weighted by molar-refractivity contribution is 0.169. The summed E-state index contributed by atoms with van der Waals surface area (Å²) in [6.45, 7) is 62.0. The van der Waals surface area contributed by atoms with Crippen molar-refractivity contribution in [3.63, 3.8) is 0 Å². The summed E-state index contributed by atoms with van der Waals surface area (Å²) in [5.74, 6) is 3.85. The van der Waals surface area contributed by atoms with Crippen molar-refractivity contribution in [3.8, 4) is 0 Å². The minimum absolute atomic E-state index is 0.278. The van der Waals surface area contributed by atoms with Gasteiger partial charge < -0.3 is 11.1 Å². The Bertz CT molecular complexity index is 1080. The molecule has 0 aromatic heterocycles. The first-order valence-corrected chi connectivity index (χ1v) is 27.0. The van der Waals surface area contributed by atoms with E-state index < -0.39 is 0 Å². The number of nitrogens with one attached hydrogen (secondary N) is 1. The monoisotopic (exact) mass is 917 g/mol. The van der Waals surface area contributed by atoms with Gasteiger partial charge in [-0.1, -0.05) is 281 Å². The lowest BCUT2D eigenvalue weighted by Crippen LogP contribution is -2.38. The zero-order valence-electron chi connectivity index (χ0n) is 48.7. The summed E-state index contributed by atoms with van der Waals surface area (Å²) in [4.78, 5) is 0. The van der Waals surface area contributed by atoms with Crippen molar-refractivity contribution in [2.24, 2.45) is 46.2 Å². The number of rotatable bonds is 14. The molecule has 0 aliphatic heterocycles. The van der Waals surface area contributed by atoms with Crippen molar-refractivity contribution in [1.29, 1.82) is 0 Å². The fraction of sp³-hybridized carbons (Fsp3) is 0.754. The molecule has 2 fully saturated rings. The average Bonchev–Trinajstić information content (AvgIpc) is 4.15. The number of thiocarbonyl (C=S) groups is 1. The quantitative estimate of drug-likeness (QED) is 0.0845. The van der Waals surface area contributed by atoms with Gasteiger partial charge in [0.1, 0.15) is 0 Å². The Hall–Kier alpha value is -1.81. The predicted molar refractivity (Wildman–Crippen MR) is 312 cm³/mol. The van der Waals surface area contributed by atoms with Gasteiger partial charge in [-0.25, -0.2) is 0 Å². The molecule has 2 aliphatic carbocycles. The number of nitrogens with two attached hydrogens (primary N) is 1. The number of hydrogen-bond donors (Lipinski definition) is 2. The third kappa shape index (κ3) is 54.5. The molecular formula is C61H124N2S. The van der Waals surface area contributed by atoms with Crippen LogP contribution in [0.1, 0.15) is 241 Å². The van der Waals surface area contributed by atoms with Crippen LogP contribution in [0, 0.1) is 40.4 Å². The highest BCUT2D eigenvalue weighted by molar-refractivity contribution is 7.79. The first-order valence-electron chi connectivity index (χ1n) is 26.5. The summed E-state index contributed by atoms with van der Waals surface area (Å²) in [6, 6.07) is 11.4. The van der Waals surface area contributed by atoms with Crippen LogP contribution in [-0.4, -0.2) is 25.5 Å². The lowest BCUT2D eigenvalue weighted by atomic mass is 9.70. The summed E-state index contributed by atoms with van der Waals surface area (Å²) in [5, 5.41) is 5.12. The fourth-order valence-corrected chi connectivity index (χ4v) is 6.99. The minimum atomic E-state index is 0.278. The Morgan fingerprint density at radius 1 is 0.781 bits per heavy atom. The molecule has 2 nitrogen and oxygen atoms in total. The van der Waals surface area contributed by atoms with Gasteiger partial charge in [0.05, 0.1) is 0 Å². The van der Waals surface area contributed by atoms with Crippen LogP contribution in [0.25, 0.3) is 0 Å². The molecule has 64 heavy (non-hydrogen) atoms. The van der Waals surface area contributed by atoms with Gasteiger partial charge in [-0.3, -0.25) is 0 Å². The van der Waals surface area contributed by atoms with Gasteiger partial charge in [-0.15, -0.1) is 6.58 Å². The molecule has 384 valence electrons. The Morgan fingerprint density at radius 2 is 1.19 bits per heavy atom. The normalized spacial score (nSPS) is 15.0. The lowest BCUT2D eigenvalue weighted by Gasteiger charge is -2.35. The standard InChI is InChI=1S/C17H26.C10H16.C9H19N.C8H16S.C4H8.C4H10.4C2H6.CH5N/c1-15(14-16-10-6-5-7-11-16)17(2)12-8-3-4-9-13-17;1-4-8(2)9(3)7-10-5-6-10;1-7(2)8(10-6)9(3,4)5;1-4-5-7(2)8(3)6-9;1-4(2)3;1-3-4-2;5*1-2/h5-7,10-11,15H,3-4,8-9,12-14H2,1-2H3;4,9-10H,1-2,5-7H2,3H3;8,10H,1H2,2-6H3;6-8H,4-5H2,1-3H3;1H2,2-3H3;3-4H2,1-2H3;4*1-2H3;2H2,1H3/t;;;7-,8?;;;;;;;/m...0......./s1. The number of allylic oxidation sites excluding steroid dienone is 3. The summed E-state index contributed by atoms with van der Waals surface area (Å²) < 4.78 is 0. The van der Waals surface area contributed by atoms with E-state index in [1.54, 1.807) is 0 Å². The summed E-state index contributed by atoms with van der Waals surface area (Å²) in [6.07, 6.45) is 21.2. The van der Waals surface area contributed by atoms with Gasteiger partial charge in [0.2, 0.25) is 0 Å². The third-order valence-corrected chi connectivity index (χ3v) is 11.5. The molecule has 0 spiro atoms. The number of hydrogen-bond acceptors (Lipinski definition) is 3. The van der Waals surface area contributed by atoms with E-state index in [1.165, 1.54) is 119 Å². The molecule has 0 saturated heterocycles. The summed E-state index contributed by atoms with van der Waals surface area (Å²) in [5.41, 5.74) is 10.4. The topological polar surface area (TPSA) is 38.0 Å². The predicted octanol–water partition coefficient (Wildman–Crippen LogP) is 20.7. The van der Waals surface area contributed by atoms with Crippen molar-refractivity contribution >= 4 is 17.6 Å². The Balaban J connectivity index is -0.0000000990. The highest BCUT2D eigenvalue weighted by Gasteiger charge is 2.31. The maximum absolute atomic E-state index is 4.84. The molecule has 0 bridgehead atoms. The van der Waals surface area contributed by atoms with E-state index in [-0.39, 0.29) is 5.41 Å². The van der Waals surface area contributed by atoms with Crippen molar-refractivity contribution < 1.29 is 0 Å². The zero-order valence-corrected chi connectivity index (χ0v) is 49.5. The molecule has 0 heterocycles. The summed E-state index contributed by atoms with van der Waals surface area (Å²) in [7, 11) is 3.48. The van der Waals surface area contributed by atoms with E-state index in [0.29, 0.717) is 23.3 Å². The fourth-order valence-electron chi connectivity index (χ4n) is 6.72. The van der Waals surface area contributed by atoms with E-state index >= 15 is 0 Å². The Kier molecular flexibility index (Phi) is 71.0. The SMILES string of the molecule is C=C(C)C.C=C(C)C(NC)C(C)(C)C.C=CC(=C)C(C)CC1CC1.CC.CC.CC.CC.CC(Cc1ccccc1)C1(C)CCCCCC1.CCCC.CCC[C@H](C)C(C)C=S.CN. The smallest absolute Gasteiger partial charge is 0.0320 e. The average molecular weight is 918 g/mol.